The Kier molecular flexibility index (Phi) is 2.87. The van der Waals surface area contributed by atoms with Crippen molar-refractivity contribution in [1.29, 1.82) is 5.26 Å². The van der Waals surface area contributed by atoms with Crippen molar-refractivity contribution in [1.82, 2.24) is 0 Å². The minimum absolute atomic E-state index is 0.261. The quantitative estimate of drug-likeness (QED) is 0.836. The molecule has 1 fully saturated rings. The number of rotatable bonds is 4. The van der Waals surface area contributed by atoms with Gasteiger partial charge in [-0.25, -0.2) is 0 Å². The van der Waals surface area contributed by atoms with Gasteiger partial charge in [0.05, 0.1) is 11.5 Å². The zero-order valence-electron chi connectivity index (χ0n) is 9.61. The normalized spacial score (nSPS) is 27.4. The molecule has 1 N–H and O–H groups in total. The zero-order chi connectivity index (χ0) is 11.6. The molecule has 2 atom stereocenters. The number of hydrogen-bond acceptors (Lipinski definition) is 2. The first kappa shape index (κ1) is 11.0. The Morgan fingerprint density at radius 1 is 1.44 bits per heavy atom. The summed E-state index contributed by atoms with van der Waals surface area (Å²) < 4.78 is 0. The second kappa shape index (κ2) is 4.17. The predicted molar refractivity (Wildman–Crippen MR) is 63.0 cm³/mol. The molecule has 1 aliphatic rings. The molecule has 0 heterocycles. The van der Waals surface area contributed by atoms with Crippen molar-refractivity contribution < 1.29 is 5.11 Å². The molecule has 0 radical (unpaired) electrons. The standard InChI is InChI=1S/C14H17NO/c1-2-3-4-12-9-14(12,10-15)11-5-7-13(16)8-6-11/h5-8,12,16H,2-4,9H2,1H3/t12-,14-/m0/s1. The highest BCUT2D eigenvalue weighted by molar-refractivity contribution is 5.43. The summed E-state index contributed by atoms with van der Waals surface area (Å²) in [5.41, 5.74) is 0.803. The lowest BCUT2D eigenvalue weighted by Crippen LogP contribution is -2.06. The van der Waals surface area contributed by atoms with Gasteiger partial charge in [-0.15, -0.1) is 0 Å². The average molecular weight is 215 g/mol. The molecule has 84 valence electrons. The molecule has 2 nitrogen and oxygen atoms in total. The molecule has 0 aromatic heterocycles. The minimum atomic E-state index is -0.261. The first-order valence-electron chi connectivity index (χ1n) is 5.93. The van der Waals surface area contributed by atoms with Gasteiger partial charge in [-0.05, 0) is 36.5 Å². The van der Waals surface area contributed by atoms with E-state index in [1.165, 1.54) is 12.8 Å². The summed E-state index contributed by atoms with van der Waals surface area (Å²) in [5, 5.41) is 18.6. The van der Waals surface area contributed by atoms with Crippen LogP contribution in [0.2, 0.25) is 0 Å². The van der Waals surface area contributed by atoms with E-state index < -0.39 is 0 Å². The molecule has 1 saturated carbocycles. The second-order valence-electron chi connectivity index (χ2n) is 4.67. The van der Waals surface area contributed by atoms with Crippen LogP contribution in [-0.2, 0) is 5.41 Å². The van der Waals surface area contributed by atoms with E-state index in [0.717, 1.165) is 18.4 Å². The fourth-order valence-electron chi connectivity index (χ4n) is 2.44. The number of nitrogens with zero attached hydrogens (tertiary/aromatic N) is 1. The lowest BCUT2D eigenvalue weighted by molar-refractivity contribution is 0.475. The fraction of sp³-hybridized carbons (Fsp3) is 0.500. The number of phenols is 1. The number of hydrogen-bond donors (Lipinski definition) is 1. The van der Waals surface area contributed by atoms with E-state index in [1.54, 1.807) is 12.1 Å². The Bertz CT molecular complexity index is 404. The van der Waals surface area contributed by atoms with Gasteiger partial charge < -0.3 is 5.11 Å². The third-order valence-corrected chi connectivity index (χ3v) is 3.59. The van der Waals surface area contributed by atoms with Crippen LogP contribution in [0.4, 0.5) is 0 Å². The molecule has 1 aromatic carbocycles. The lowest BCUT2D eigenvalue weighted by atomic mass is 9.93. The van der Waals surface area contributed by atoms with Crippen molar-refractivity contribution in [2.45, 2.75) is 38.0 Å². The maximum absolute atomic E-state index is 9.34. The van der Waals surface area contributed by atoms with E-state index in [0.29, 0.717) is 5.92 Å². The Morgan fingerprint density at radius 3 is 2.69 bits per heavy atom. The van der Waals surface area contributed by atoms with Crippen LogP contribution in [0.25, 0.3) is 0 Å². The summed E-state index contributed by atoms with van der Waals surface area (Å²) in [4.78, 5) is 0. The SMILES string of the molecule is CCCC[C@H]1C[C@]1(C#N)c1ccc(O)cc1. The summed E-state index contributed by atoms with van der Waals surface area (Å²) in [6, 6.07) is 9.56. The summed E-state index contributed by atoms with van der Waals surface area (Å²) in [6.07, 6.45) is 4.51. The van der Waals surface area contributed by atoms with Crippen molar-refractivity contribution in [2.24, 2.45) is 5.92 Å². The van der Waals surface area contributed by atoms with Crippen molar-refractivity contribution >= 4 is 0 Å². The smallest absolute Gasteiger partial charge is 0.115 e. The molecule has 1 aliphatic carbocycles. The largest absolute Gasteiger partial charge is 0.508 e. The minimum Gasteiger partial charge on any atom is -0.508 e. The van der Waals surface area contributed by atoms with E-state index in [-0.39, 0.29) is 11.2 Å². The molecule has 0 aliphatic heterocycles. The molecule has 0 bridgehead atoms. The molecule has 0 unspecified atom stereocenters. The van der Waals surface area contributed by atoms with E-state index in [1.807, 2.05) is 12.1 Å². The summed E-state index contributed by atoms with van der Waals surface area (Å²) >= 11 is 0. The van der Waals surface area contributed by atoms with Crippen LogP contribution in [0.5, 0.6) is 5.75 Å². The van der Waals surface area contributed by atoms with Crippen LogP contribution in [0, 0.1) is 17.2 Å². The molecule has 0 spiro atoms. The Labute approximate surface area is 96.5 Å². The summed E-state index contributed by atoms with van der Waals surface area (Å²) in [7, 11) is 0. The Balaban J connectivity index is 2.13. The van der Waals surface area contributed by atoms with Gasteiger partial charge in [0.2, 0.25) is 0 Å². The van der Waals surface area contributed by atoms with Gasteiger partial charge >= 0.3 is 0 Å². The molecular formula is C14H17NO. The molecular weight excluding hydrogens is 198 g/mol. The van der Waals surface area contributed by atoms with Gasteiger partial charge in [0.1, 0.15) is 5.75 Å². The van der Waals surface area contributed by atoms with Gasteiger partial charge in [0.15, 0.2) is 0 Å². The molecule has 2 rings (SSSR count). The van der Waals surface area contributed by atoms with Gasteiger partial charge in [0.25, 0.3) is 0 Å². The molecule has 1 aromatic rings. The van der Waals surface area contributed by atoms with Gasteiger partial charge in [-0.3, -0.25) is 0 Å². The number of unbranched alkanes of at least 4 members (excludes halogenated alkanes) is 1. The highest BCUT2D eigenvalue weighted by Crippen LogP contribution is 2.56. The molecule has 16 heavy (non-hydrogen) atoms. The lowest BCUT2D eigenvalue weighted by Gasteiger charge is -2.09. The van der Waals surface area contributed by atoms with Crippen molar-refractivity contribution in [3.05, 3.63) is 29.8 Å². The van der Waals surface area contributed by atoms with Crippen LogP contribution in [0.15, 0.2) is 24.3 Å². The highest BCUT2D eigenvalue weighted by Gasteiger charge is 2.55. The van der Waals surface area contributed by atoms with Crippen molar-refractivity contribution in [2.75, 3.05) is 0 Å². The first-order chi connectivity index (χ1) is 7.73. The third kappa shape index (κ3) is 1.78. The zero-order valence-corrected chi connectivity index (χ0v) is 9.61. The van der Waals surface area contributed by atoms with Crippen LogP contribution in [0.3, 0.4) is 0 Å². The topological polar surface area (TPSA) is 44.0 Å². The Morgan fingerprint density at radius 2 is 2.12 bits per heavy atom. The van der Waals surface area contributed by atoms with Crippen LogP contribution < -0.4 is 0 Å². The fourth-order valence-corrected chi connectivity index (χ4v) is 2.44. The van der Waals surface area contributed by atoms with E-state index in [9.17, 15) is 10.4 Å². The predicted octanol–water partition coefficient (Wildman–Crippen LogP) is 3.36. The highest BCUT2D eigenvalue weighted by atomic mass is 16.3. The molecule has 2 heteroatoms. The first-order valence-corrected chi connectivity index (χ1v) is 5.93. The summed E-state index contributed by atoms with van der Waals surface area (Å²) in [6.45, 7) is 2.18. The van der Waals surface area contributed by atoms with Gasteiger partial charge in [-0.1, -0.05) is 31.9 Å². The molecule has 0 amide bonds. The average Bonchev–Trinajstić information content (AvgIpc) is 3.02. The number of phenolic OH excluding ortho intramolecular Hbond substituents is 1. The van der Waals surface area contributed by atoms with Crippen LogP contribution in [-0.4, -0.2) is 5.11 Å². The van der Waals surface area contributed by atoms with E-state index >= 15 is 0 Å². The van der Waals surface area contributed by atoms with Crippen LogP contribution >= 0.6 is 0 Å². The maximum Gasteiger partial charge on any atom is 0.115 e. The number of nitriles is 1. The van der Waals surface area contributed by atoms with Gasteiger partial charge in [0, 0.05) is 0 Å². The van der Waals surface area contributed by atoms with E-state index in [2.05, 4.69) is 13.0 Å². The third-order valence-electron chi connectivity index (χ3n) is 3.59. The van der Waals surface area contributed by atoms with Crippen LogP contribution in [0.1, 0.15) is 38.2 Å². The Hall–Kier alpha value is -1.49. The van der Waals surface area contributed by atoms with Crippen molar-refractivity contribution in [3.63, 3.8) is 0 Å². The maximum atomic E-state index is 9.34. The number of aromatic hydroxyl groups is 1. The second-order valence-corrected chi connectivity index (χ2v) is 4.67. The van der Waals surface area contributed by atoms with Crippen molar-refractivity contribution in [3.8, 4) is 11.8 Å². The monoisotopic (exact) mass is 215 g/mol. The van der Waals surface area contributed by atoms with E-state index in [4.69, 9.17) is 0 Å². The molecule has 0 saturated heterocycles. The number of benzene rings is 1. The van der Waals surface area contributed by atoms with Gasteiger partial charge in [-0.2, -0.15) is 5.26 Å². The summed E-state index contributed by atoms with van der Waals surface area (Å²) in [5.74, 6) is 0.782.